The third kappa shape index (κ3) is 2.03. The lowest BCUT2D eigenvalue weighted by Crippen LogP contribution is -2.04. The normalized spacial score (nSPS) is 9.89. The molecule has 0 amide bonds. The zero-order valence-corrected chi connectivity index (χ0v) is 5.65. The van der Waals surface area contributed by atoms with E-state index in [-0.39, 0.29) is 0 Å². The number of aromatic amines is 1. The molecule has 0 aliphatic heterocycles. The maximum atomic E-state index is 5.23. The number of aromatic nitrogens is 2. The molecular formula is C5H8ClN3. The largest absolute Gasteiger partial charge is 0.351 e. The Hall–Kier alpha value is -0.540. The highest BCUT2D eigenvalue weighted by Crippen LogP contribution is 1.89. The van der Waals surface area contributed by atoms with Crippen LogP contribution in [0.5, 0.6) is 0 Å². The minimum atomic E-state index is 0.756. The minimum Gasteiger partial charge on any atom is -0.351 e. The highest BCUT2D eigenvalue weighted by molar-refractivity contribution is 6.13. The monoisotopic (exact) mass is 145 g/mol. The third-order valence-electron chi connectivity index (χ3n) is 1.03. The summed E-state index contributed by atoms with van der Waals surface area (Å²) in [5, 5.41) is 0. The number of nitrogens with one attached hydrogen (secondary N) is 2. The molecule has 2 N–H and O–H groups in total. The summed E-state index contributed by atoms with van der Waals surface area (Å²) in [5.74, 6) is 0. The number of H-pyrrole nitrogens is 1. The van der Waals surface area contributed by atoms with Crippen LogP contribution in [0.3, 0.4) is 0 Å². The lowest BCUT2D eigenvalue weighted by Gasteiger charge is -1.90. The fourth-order valence-corrected chi connectivity index (χ4v) is 0.697. The molecule has 0 radical (unpaired) electrons. The van der Waals surface area contributed by atoms with Crippen LogP contribution in [0.15, 0.2) is 12.5 Å². The summed E-state index contributed by atoms with van der Waals surface area (Å²) in [7, 11) is 0. The maximum absolute atomic E-state index is 5.23. The lowest BCUT2D eigenvalue weighted by atomic mass is 10.3. The molecule has 0 spiro atoms. The van der Waals surface area contributed by atoms with Crippen LogP contribution in [0, 0.1) is 0 Å². The summed E-state index contributed by atoms with van der Waals surface area (Å²) in [5.41, 5.74) is 1.03. The zero-order chi connectivity index (χ0) is 6.53. The predicted molar refractivity (Wildman–Crippen MR) is 36.1 cm³/mol. The molecule has 1 aromatic rings. The second kappa shape index (κ2) is 3.48. The lowest BCUT2D eigenvalue weighted by molar-refractivity contribution is 0.876. The predicted octanol–water partition coefficient (Wildman–Crippen LogP) is 0.696. The van der Waals surface area contributed by atoms with E-state index >= 15 is 0 Å². The van der Waals surface area contributed by atoms with Crippen molar-refractivity contribution in [3.8, 4) is 0 Å². The van der Waals surface area contributed by atoms with Gasteiger partial charge in [0.2, 0.25) is 0 Å². The number of imidazole rings is 1. The molecule has 3 nitrogen and oxygen atoms in total. The second-order valence-electron chi connectivity index (χ2n) is 1.69. The SMILES string of the molecule is ClNCCc1c[nH]cn1. The van der Waals surface area contributed by atoms with Crippen LogP contribution in [-0.2, 0) is 6.42 Å². The first-order valence-corrected chi connectivity index (χ1v) is 3.12. The average molecular weight is 146 g/mol. The van der Waals surface area contributed by atoms with Crippen molar-refractivity contribution >= 4 is 11.8 Å². The molecule has 0 unspecified atom stereocenters. The zero-order valence-electron chi connectivity index (χ0n) is 4.89. The van der Waals surface area contributed by atoms with Gasteiger partial charge in [-0.3, -0.25) is 0 Å². The number of nitrogens with zero attached hydrogens (tertiary/aromatic N) is 1. The first-order valence-electron chi connectivity index (χ1n) is 2.74. The number of hydrogen-bond donors (Lipinski definition) is 2. The molecule has 4 heteroatoms. The molecule has 50 valence electrons. The molecule has 0 fully saturated rings. The summed E-state index contributed by atoms with van der Waals surface area (Å²) in [6, 6.07) is 0. The van der Waals surface area contributed by atoms with Crippen molar-refractivity contribution in [3.05, 3.63) is 18.2 Å². The summed E-state index contributed by atoms with van der Waals surface area (Å²) >= 11 is 5.23. The van der Waals surface area contributed by atoms with Crippen LogP contribution in [0.4, 0.5) is 0 Å². The fourth-order valence-electron chi connectivity index (χ4n) is 0.603. The van der Waals surface area contributed by atoms with Crippen molar-refractivity contribution in [1.82, 2.24) is 14.8 Å². The van der Waals surface area contributed by atoms with Gasteiger partial charge in [-0.15, -0.1) is 0 Å². The van der Waals surface area contributed by atoms with E-state index in [1.165, 1.54) is 0 Å². The van der Waals surface area contributed by atoms with E-state index in [0.717, 1.165) is 18.7 Å². The maximum Gasteiger partial charge on any atom is 0.0923 e. The van der Waals surface area contributed by atoms with E-state index in [4.69, 9.17) is 11.8 Å². The van der Waals surface area contributed by atoms with Crippen molar-refractivity contribution in [2.45, 2.75) is 6.42 Å². The van der Waals surface area contributed by atoms with E-state index in [2.05, 4.69) is 14.8 Å². The molecule has 1 aromatic heterocycles. The Labute approximate surface area is 58.6 Å². The Morgan fingerprint density at radius 1 is 1.78 bits per heavy atom. The van der Waals surface area contributed by atoms with Gasteiger partial charge in [0.05, 0.1) is 12.0 Å². The summed E-state index contributed by atoms with van der Waals surface area (Å²) in [6.07, 6.45) is 4.38. The van der Waals surface area contributed by atoms with E-state index in [1.54, 1.807) is 6.33 Å². The quantitative estimate of drug-likeness (QED) is 0.615. The van der Waals surface area contributed by atoms with Gasteiger partial charge in [0.25, 0.3) is 0 Å². The summed E-state index contributed by atoms with van der Waals surface area (Å²) in [6.45, 7) is 0.756. The molecular weight excluding hydrogens is 138 g/mol. The molecule has 0 saturated heterocycles. The van der Waals surface area contributed by atoms with Crippen molar-refractivity contribution in [2.24, 2.45) is 0 Å². The molecule has 1 rings (SSSR count). The van der Waals surface area contributed by atoms with Crippen LogP contribution >= 0.6 is 11.8 Å². The average Bonchev–Trinajstić information content (AvgIpc) is 2.34. The van der Waals surface area contributed by atoms with Crippen molar-refractivity contribution in [2.75, 3.05) is 6.54 Å². The Balaban J connectivity index is 2.30. The van der Waals surface area contributed by atoms with E-state index in [9.17, 15) is 0 Å². The van der Waals surface area contributed by atoms with Crippen molar-refractivity contribution < 1.29 is 0 Å². The van der Waals surface area contributed by atoms with Crippen molar-refractivity contribution in [3.63, 3.8) is 0 Å². The molecule has 9 heavy (non-hydrogen) atoms. The van der Waals surface area contributed by atoms with Crippen LogP contribution in [0.2, 0.25) is 0 Å². The van der Waals surface area contributed by atoms with Crippen LogP contribution in [0.25, 0.3) is 0 Å². The first-order chi connectivity index (χ1) is 4.43. The minimum absolute atomic E-state index is 0.756. The molecule has 0 bridgehead atoms. The molecule has 0 saturated carbocycles. The van der Waals surface area contributed by atoms with E-state index in [1.807, 2.05) is 6.20 Å². The van der Waals surface area contributed by atoms with E-state index in [0.29, 0.717) is 0 Å². The van der Waals surface area contributed by atoms with Crippen LogP contribution in [-0.4, -0.2) is 16.5 Å². The number of rotatable bonds is 3. The van der Waals surface area contributed by atoms with Crippen molar-refractivity contribution in [1.29, 1.82) is 0 Å². The summed E-state index contributed by atoms with van der Waals surface area (Å²) < 4.78 is 0. The fraction of sp³-hybridized carbons (Fsp3) is 0.400. The van der Waals surface area contributed by atoms with Gasteiger partial charge in [-0.25, -0.2) is 9.82 Å². The topological polar surface area (TPSA) is 40.7 Å². The van der Waals surface area contributed by atoms with Gasteiger partial charge in [0, 0.05) is 19.2 Å². The molecule has 0 aromatic carbocycles. The highest BCUT2D eigenvalue weighted by Gasteiger charge is 1.90. The molecule has 0 aliphatic carbocycles. The van der Waals surface area contributed by atoms with E-state index < -0.39 is 0 Å². The Kier molecular flexibility index (Phi) is 2.54. The Morgan fingerprint density at radius 3 is 3.22 bits per heavy atom. The molecule has 0 aliphatic rings. The van der Waals surface area contributed by atoms with Crippen LogP contribution < -0.4 is 4.84 Å². The third-order valence-corrected chi connectivity index (χ3v) is 1.22. The number of hydrogen-bond acceptors (Lipinski definition) is 2. The standard InChI is InChI=1S/C5H8ClN3/c6-9-2-1-5-3-7-4-8-5/h3-4,9H,1-2H2,(H,7,8). The van der Waals surface area contributed by atoms with Crippen LogP contribution in [0.1, 0.15) is 5.69 Å². The van der Waals surface area contributed by atoms with Gasteiger partial charge in [0.1, 0.15) is 0 Å². The highest BCUT2D eigenvalue weighted by atomic mass is 35.5. The molecule has 1 heterocycles. The Morgan fingerprint density at radius 2 is 2.67 bits per heavy atom. The van der Waals surface area contributed by atoms with Gasteiger partial charge in [-0.1, -0.05) is 0 Å². The smallest absolute Gasteiger partial charge is 0.0923 e. The Bertz CT molecular complexity index is 149. The van der Waals surface area contributed by atoms with Gasteiger partial charge in [-0.05, 0) is 11.8 Å². The van der Waals surface area contributed by atoms with Gasteiger partial charge < -0.3 is 4.98 Å². The first kappa shape index (κ1) is 6.58. The van der Waals surface area contributed by atoms with Gasteiger partial charge >= 0.3 is 0 Å². The molecule has 0 atom stereocenters. The number of halogens is 1. The van der Waals surface area contributed by atoms with Gasteiger partial charge in [-0.2, -0.15) is 0 Å². The summed E-state index contributed by atoms with van der Waals surface area (Å²) in [4.78, 5) is 9.38. The second-order valence-corrected chi connectivity index (χ2v) is 1.96. The van der Waals surface area contributed by atoms with Gasteiger partial charge in [0.15, 0.2) is 0 Å².